The van der Waals surface area contributed by atoms with E-state index in [1.165, 1.54) is 19.4 Å². The van der Waals surface area contributed by atoms with Gasteiger partial charge in [-0.1, -0.05) is 0 Å². The zero-order valence-electron chi connectivity index (χ0n) is 11.1. The first-order valence-electron chi connectivity index (χ1n) is 6.16. The summed E-state index contributed by atoms with van der Waals surface area (Å²) in [5, 5.41) is 12.1. The molecule has 0 aromatic carbocycles. The van der Waals surface area contributed by atoms with Crippen LogP contribution < -0.4 is 10.1 Å². The highest BCUT2D eigenvalue weighted by atomic mass is 16.5. The van der Waals surface area contributed by atoms with E-state index in [1.807, 2.05) is 0 Å². The highest BCUT2D eigenvalue weighted by Crippen LogP contribution is 2.21. The number of fused-ring (bicyclic) bond motifs is 1. The van der Waals surface area contributed by atoms with Crippen LogP contribution in [0.4, 0.5) is 5.82 Å². The molecule has 0 atom stereocenters. The summed E-state index contributed by atoms with van der Waals surface area (Å²) in [6.07, 6.45) is 1.48. The summed E-state index contributed by atoms with van der Waals surface area (Å²) in [7, 11) is 1.53. The van der Waals surface area contributed by atoms with Gasteiger partial charge in [-0.25, -0.2) is 9.97 Å². The zero-order valence-corrected chi connectivity index (χ0v) is 11.1. The summed E-state index contributed by atoms with van der Waals surface area (Å²) in [6.45, 7) is 0. The number of H-pyrrole nitrogens is 1. The molecule has 0 aliphatic heterocycles. The van der Waals surface area contributed by atoms with Crippen LogP contribution in [-0.4, -0.2) is 33.1 Å². The average molecular weight is 284 g/mol. The molecule has 0 bridgehead atoms. The largest absolute Gasteiger partial charge is 0.504 e. The average Bonchev–Trinajstić information content (AvgIpc) is 2.92. The maximum absolute atomic E-state index is 12.1. The second-order valence-electron chi connectivity index (χ2n) is 4.29. The molecule has 3 aromatic rings. The number of nitrogens with one attached hydrogen (secondary N) is 2. The monoisotopic (exact) mass is 284 g/mol. The second kappa shape index (κ2) is 5.12. The zero-order chi connectivity index (χ0) is 14.8. The van der Waals surface area contributed by atoms with Gasteiger partial charge in [-0.15, -0.1) is 0 Å². The molecular weight excluding hydrogens is 272 g/mol. The number of carbonyl (C=O) groups excluding carboxylic acids is 1. The molecule has 1 amide bonds. The molecule has 3 N–H and O–H groups in total. The maximum atomic E-state index is 12.1. The van der Waals surface area contributed by atoms with Crippen molar-refractivity contribution in [2.24, 2.45) is 0 Å². The molecule has 106 valence electrons. The molecule has 0 spiro atoms. The Bertz CT molecular complexity index is 813. The lowest BCUT2D eigenvalue weighted by atomic mass is 10.3. The Morgan fingerprint density at radius 3 is 3.00 bits per heavy atom. The molecule has 21 heavy (non-hydrogen) atoms. The van der Waals surface area contributed by atoms with Crippen LogP contribution in [0.15, 0.2) is 36.5 Å². The van der Waals surface area contributed by atoms with Crippen molar-refractivity contribution in [2.75, 3.05) is 12.4 Å². The molecule has 0 radical (unpaired) electrons. The summed E-state index contributed by atoms with van der Waals surface area (Å²) in [6, 6.07) is 8.10. The van der Waals surface area contributed by atoms with Crippen molar-refractivity contribution >= 4 is 22.8 Å². The highest BCUT2D eigenvalue weighted by molar-refractivity contribution is 6.05. The van der Waals surface area contributed by atoms with Crippen LogP contribution in [0.2, 0.25) is 0 Å². The maximum Gasteiger partial charge on any atom is 0.273 e. The summed E-state index contributed by atoms with van der Waals surface area (Å²) < 4.78 is 5.03. The highest BCUT2D eigenvalue weighted by Gasteiger charge is 2.13. The van der Waals surface area contributed by atoms with Crippen LogP contribution >= 0.6 is 0 Å². The molecule has 0 fully saturated rings. The summed E-state index contributed by atoms with van der Waals surface area (Å²) in [4.78, 5) is 23.2. The van der Waals surface area contributed by atoms with Crippen LogP contribution in [0.5, 0.6) is 11.6 Å². The van der Waals surface area contributed by atoms with Gasteiger partial charge < -0.3 is 20.1 Å². The summed E-state index contributed by atoms with van der Waals surface area (Å²) >= 11 is 0. The third-order valence-corrected chi connectivity index (χ3v) is 2.92. The number of hydrogen-bond donors (Lipinski definition) is 3. The van der Waals surface area contributed by atoms with Crippen molar-refractivity contribution in [3.05, 3.63) is 42.2 Å². The molecule has 0 saturated carbocycles. The van der Waals surface area contributed by atoms with Gasteiger partial charge in [0.05, 0.1) is 18.1 Å². The van der Waals surface area contributed by atoms with Crippen LogP contribution in [0.1, 0.15) is 10.5 Å². The lowest BCUT2D eigenvalue weighted by Gasteiger charge is -2.03. The van der Waals surface area contributed by atoms with E-state index in [4.69, 9.17) is 4.74 Å². The minimum Gasteiger partial charge on any atom is -0.504 e. The smallest absolute Gasteiger partial charge is 0.273 e. The lowest BCUT2D eigenvalue weighted by Crippen LogP contribution is -2.13. The van der Waals surface area contributed by atoms with E-state index in [-0.39, 0.29) is 11.6 Å². The fourth-order valence-corrected chi connectivity index (χ4v) is 1.89. The predicted molar refractivity (Wildman–Crippen MR) is 76.5 cm³/mol. The Morgan fingerprint density at radius 1 is 1.38 bits per heavy atom. The Hall–Kier alpha value is -3.09. The van der Waals surface area contributed by atoms with E-state index in [2.05, 4.69) is 20.3 Å². The van der Waals surface area contributed by atoms with Crippen molar-refractivity contribution in [3.8, 4) is 11.6 Å². The number of rotatable bonds is 3. The molecule has 0 aliphatic carbocycles. The topological polar surface area (TPSA) is 100 Å². The third-order valence-electron chi connectivity index (χ3n) is 2.92. The van der Waals surface area contributed by atoms with E-state index in [0.717, 1.165) is 0 Å². The number of anilines is 1. The Labute approximate surface area is 119 Å². The number of pyridine rings is 2. The minimum atomic E-state index is -0.416. The van der Waals surface area contributed by atoms with Gasteiger partial charge in [-0.2, -0.15) is 0 Å². The first kappa shape index (κ1) is 12.9. The number of aromatic hydroxyl groups is 1. The summed E-state index contributed by atoms with van der Waals surface area (Å²) in [5.74, 6) is 0.0604. The number of ether oxygens (including phenoxy) is 1. The van der Waals surface area contributed by atoms with Gasteiger partial charge in [0, 0.05) is 12.3 Å². The standard InChI is InChI=1S/C14H12N4O3/c1-21-12-5-4-8-9(17-12)7-10(16-8)14(20)18-13-11(19)3-2-6-15-13/h2-7,16,19H,1H3,(H,15,18,20). The van der Waals surface area contributed by atoms with Gasteiger partial charge in [0.2, 0.25) is 5.88 Å². The van der Waals surface area contributed by atoms with Crippen molar-refractivity contribution in [2.45, 2.75) is 0 Å². The fourth-order valence-electron chi connectivity index (χ4n) is 1.89. The van der Waals surface area contributed by atoms with E-state index >= 15 is 0 Å². The molecule has 3 rings (SSSR count). The van der Waals surface area contributed by atoms with Crippen molar-refractivity contribution in [1.82, 2.24) is 15.0 Å². The van der Waals surface area contributed by atoms with E-state index in [0.29, 0.717) is 22.6 Å². The van der Waals surface area contributed by atoms with E-state index < -0.39 is 5.91 Å². The second-order valence-corrected chi connectivity index (χ2v) is 4.29. The minimum absolute atomic E-state index is 0.0956. The van der Waals surface area contributed by atoms with E-state index in [1.54, 1.807) is 24.3 Å². The van der Waals surface area contributed by atoms with Crippen molar-refractivity contribution in [1.29, 1.82) is 0 Å². The molecule has 7 heteroatoms. The Kier molecular flexibility index (Phi) is 3.15. The number of nitrogens with zero attached hydrogens (tertiary/aromatic N) is 2. The van der Waals surface area contributed by atoms with Gasteiger partial charge in [0.15, 0.2) is 11.6 Å². The lowest BCUT2D eigenvalue weighted by molar-refractivity contribution is 0.102. The summed E-state index contributed by atoms with van der Waals surface area (Å²) in [5.41, 5.74) is 1.65. The Balaban J connectivity index is 1.89. The SMILES string of the molecule is COc1ccc2[nH]c(C(=O)Nc3ncccc3O)cc2n1. The molecule has 0 unspecified atom stereocenters. The number of methoxy groups -OCH3 is 1. The number of aromatic amines is 1. The van der Waals surface area contributed by atoms with Crippen molar-refractivity contribution < 1.29 is 14.6 Å². The fraction of sp³-hybridized carbons (Fsp3) is 0.0714. The first-order chi connectivity index (χ1) is 10.2. The van der Waals surface area contributed by atoms with Crippen LogP contribution in [0.3, 0.4) is 0 Å². The molecule has 3 aromatic heterocycles. The van der Waals surface area contributed by atoms with Gasteiger partial charge in [-0.05, 0) is 24.3 Å². The number of aromatic nitrogens is 3. The van der Waals surface area contributed by atoms with Gasteiger partial charge in [0.1, 0.15) is 5.69 Å². The molecule has 3 heterocycles. The van der Waals surface area contributed by atoms with Crippen LogP contribution in [-0.2, 0) is 0 Å². The quantitative estimate of drug-likeness (QED) is 0.682. The van der Waals surface area contributed by atoms with Crippen LogP contribution in [0, 0.1) is 0 Å². The molecule has 0 saturated heterocycles. The molecule has 7 nitrogen and oxygen atoms in total. The molecule has 0 aliphatic rings. The first-order valence-corrected chi connectivity index (χ1v) is 6.16. The van der Waals surface area contributed by atoms with Crippen molar-refractivity contribution in [3.63, 3.8) is 0 Å². The number of amides is 1. The van der Waals surface area contributed by atoms with Gasteiger partial charge >= 0.3 is 0 Å². The normalized spacial score (nSPS) is 10.5. The van der Waals surface area contributed by atoms with Gasteiger partial charge in [0.25, 0.3) is 5.91 Å². The molecular formula is C14H12N4O3. The number of carbonyl (C=O) groups is 1. The van der Waals surface area contributed by atoms with E-state index in [9.17, 15) is 9.90 Å². The van der Waals surface area contributed by atoms with Gasteiger partial charge in [-0.3, -0.25) is 4.79 Å². The third kappa shape index (κ3) is 2.48. The Morgan fingerprint density at radius 2 is 2.24 bits per heavy atom. The number of hydrogen-bond acceptors (Lipinski definition) is 5. The predicted octanol–water partition coefficient (Wildman–Crippen LogP) is 1.92. The van der Waals surface area contributed by atoms with Crippen LogP contribution in [0.25, 0.3) is 11.0 Å².